The van der Waals surface area contributed by atoms with E-state index in [0.717, 1.165) is 41.4 Å². The van der Waals surface area contributed by atoms with Crippen LogP contribution in [0.2, 0.25) is 5.02 Å². The Morgan fingerprint density at radius 3 is 2.79 bits per heavy atom. The van der Waals surface area contributed by atoms with Gasteiger partial charge in [-0.2, -0.15) is 0 Å². The van der Waals surface area contributed by atoms with Gasteiger partial charge in [-0.05, 0) is 36.5 Å². The van der Waals surface area contributed by atoms with Crippen LogP contribution in [-0.2, 0) is 4.79 Å². The van der Waals surface area contributed by atoms with Gasteiger partial charge in [0.15, 0.2) is 11.6 Å². The SMILES string of the molecule is CCCCN1C2=C(S/C1=C\C(=O)c1cc(Cl)ccc1OC)C(=O)CC(C)(C)C2. The van der Waals surface area contributed by atoms with Crippen molar-refractivity contribution in [3.8, 4) is 5.75 Å². The predicted octanol–water partition coefficient (Wildman–Crippen LogP) is 5.82. The first kappa shape index (κ1) is 21.0. The van der Waals surface area contributed by atoms with Gasteiger partial charge in [-0.1, -0.05) is 50.6 Å². The third-order valence-electron chi connectivity index (χ3n) is 5.02. The summed E-state index contributed by atoms with van der Waals surface area (Å²) in [5.74, 6) is 0.494. The molecule has 1 heterocycles. The van der Waals surface area contributed by atoms with Crippen molar-refractivity contribution in [1.82, 2.24) is 4.90 Å². The molecule has 1 aliphatic heterocycles. The number of nitrogens with zero attached hydrogens (tertiary/aromatic N) is 1. The number of hydrogen-bond acceptors (Lipinski definition) is 5. The summed E-state index contributed by atoms with van der Waals surface area (Å²) in [7, 11) is 1.53. The molecule has 6 heteroatoms. The van der Waals surface area contributed by atoms with Crippen molar-refractivity contribution < 1.29 is 14.3 Å². The molecule has 0 aromatic heterocycles. The van der Waals surface area contributed by atoms with E-state index in [0.29, 0.717) is 22.8 Å². The second kappa shape index (κ2) is 8.34. The Balaban J connectivity index is 1.96. The normalized spacial score (nSPS) is 20.0. The van der Waals surface area contributed by atoms with Gasteiger partial charge >= 0.3 is 0 Å². The number of benzene rings is 1. The fraction of sp³-hybridized carbons (Fsp3) is 0.455. The van der Waals surface area contributed by atoms with E-state index in [2.05, 4.69) is 25.7 Å². The first-order valence-electron chi connectivity index (χ1n) is 9.57. The molecule has 0 atom stereocenters. The minimum absolute atomic E-state index is 0.0590. The Hall–Kier alpha value is -1.72. The lowest BCUT2D eigenvalue weighted by Gasteiger charge is -2.33. The fourth-order valence-electron chi connectivity index (χ4n) is 3.63. The third-order valence-corrected chi connectivity index (χ3v) is 6.47. The number of hydrogen-bond donors (Lipinski definition) is 0. The van der Waals surface area contributed by atoms with Crippen molar-refractivity contribution in [2.45, 2.75) is 46.5 Å². The summed E-state index contributed by atoms with van der Waals surface area (Å²) >= 11 is 7.51. The number of ether oxygens (including phenoxy) is 1. The second-order valence-corrected chi connectivity index (χ2v) is 9.48. The average Bonchev–Trinajstić information content (AvgIpc) is 2.96. The van der Waals surface area contributed by atoms with Crippen LogP contribution in [0.3, 0.4) is 0 Å². The average molecular weight is 420 g/mol. The van der Waals surface area contributed by atoms with Crippen molar-refractivity contribution in [2.24, 2.45) is 5.41 Å². The summed E-state index contributed by atoms with van der Waals surface area (Å²) in [6, 6.07) is 5.01. The van der Waals surface area contributed by atoms with Crippen molar-refractivity contribution >= 4 is 34.9 Å². The summed E-state index contributed by atoms with van der Waals surface area (Å²) < 4.78 is 5.32. The van der Waals surface area contributed by atoms with Crippen LogP contribution in [0.1, 0.15) is 56.8 Å². The largest absolute Gasteiger partial charge is 0.496 e. The molecule has 1 aromatic rings. The fourth-order valence-corrected chi connectivity index (χ4v) is 4.97. The summed E-state index contributed by atoms with van der Waals surface area (Å²) in [4.78, 5) is 28.7. The number of halogens is 1. The summed E-state index contributed by atoms with van der Waals surface area (Å²) in [6.07, 6.45) is 5.05. The number of thioether (sulfide) groups is 1. The molecule has 28 heavy (non-hydrogen) atoms. The van der Waals surface area contributed by atoms with Gasteiger partial charge in [0.05, 0.1) is 22.6 Å². The number of rotatable bonds is 6. The van der Waals surface area contributed by atoms with Gasteiger partial charge in [0.25, 0.3) is 0 Å². The maximum absolute atomic E-state index is 13.0. The number of carbonyl (C=O) groups excluding carboxylic acids is 2. The maximum Gasteiger partial charge on any atom is 0.192 e. The molecular formula is C22H26ClNO3S. The van der Waals surface area contributed by atoms with Gasteiger partial charge in [0.2, 0.25) is 0 Å². The minimum Gasteiger partial charge on any atom is -0.496 e. The lowest BCUT2D eigenvalue weighted by atomic mass is 9.78. The summed E-state index contributed by atoms with van der Waals surface area (Å²) in [5, 5.41) is 1.30. The van der Waals surface area contributed by atoms with Crippen LogP contribution < -0.4 is 4.74 Å². The van der Waals surface area contributed by atoms with Crippen LogP contribution >= 0.6 is 23.4 Å². The first-order valence-corrected chi connectivity index (χ1v) is 10.8. The van der Waals surface area contributed by atoms with Crippen LogP contribution in [0, 0.1) is 5.41 Å². The highest BCUT2D eigenvalue weighted by molar-refractivity contribution is 8.07. The zero-order valence-electron chi connectivity index (χ0n) is 16.8. The van der Waals surface area contributed by atoms with Crippen molar-refractivity contribution in [1.29, 1.82) is 0 Å². The zero-order chi connectivity index (χ0) is 20.5. The highest BCUT2D eigenvalue weighted by Gasteiger charge is 2.40. The van der Waals surface area contributed by atoms with Gasteiger partial charge in [-0.3, -0.25) is 9.59 Å². The van der Waals surface area contributed by atoms with Crippen molar-refractivity contribution in [3.05, 3.63) is 50.5 Å². The molecule has 0 amide bonds. The van der Waals surface area contributed by atoms with E-state index in [4.69, 9.17) is 16.3 Å². The zero-order valence-corrected chi connectivity index (χ0v) is 18.4. The lowest BCUT2D eigenvalue weighted by molar-refractivity contribution is -0.117. The molecule has 0 N–H and O–H groups in total. The standard InChI is InChI=1S/C22H26ClNO3S/c1-5-6-9-24-16-12-22(2,3)13-18(26)21(16)28-20(24)11-17(25)15-10-14(23)7-8-19(15)27-4/h7-8,10-11H,5-6,9,12-13H2,1-4H3/b20-11-. The van der Waals surface area contributed by atoms with E-state index in [1.54, 1.807) is 24.3 Å². The Bertz CT molecular complexity index is 873. The molecule has 4 nitrogen and oxygen atoms in total. The highest BCUT2D eigenvalue weighted by Crippen LogP contribution is 2.51. The smallest absolute Gasteiger partial charge is 0.192 e. The van der Waals surface area contributed by atoms with Crippen LogP contribution in [-0.4, -0.2) is 30.1 Å². The Morgan fingerprint density at radius 1 is 1.36 bits per heavy atom. The van der Waals surface area contributed by atoms with E-state index in [1.807, 2.05) is 0 Å². The predicted molar refractivity (Wildman–Crippen MR) is 115 cm³/mol. The van der Waals surface area contributed by atoms with E-state index in [9.17, 15) is 9.59 Å². The van der Waals surface area contributed by atoms with Gasteiger partial charge < -0.3 is 9.64 Å². The van der Waals surface area contributed by atoms with Crippen LogP contribution in [0.4, 0.5) is 0 Å². The van der Waals surface area contributed by atoms with Crippen molar-refractivity contribution in [2.75, 3.05) is 13.7 Å². The third kappa shape index (κ3) is 4.31. The van der Waals surface area contributed by atoms with Gasteiger partial charge in [0, 0.05) is 29.8 Å². The Kier molecular flexibility index (Phi) is 6.25. The molecule has 0 saturated carbocycles. The van der Waals surface area contributed by atoms with Gasteiger partial charge in [0.1, 0.15) is 5.75 Å². The molecule has 0 bridgehead atoms. The molecule has 0 radical (unpaired) electrons. The van der Waals surface area contributed by atoms with E-state index < -0.39 is 0 Å². The number of ketones is 2. The molecule has 0 saturated heterocycles. The molecule has 150 valence electrons. The van der Waals surface area contributed by atoms with Crippen LogP contribution in [0.5, 0.6) is 5.75 Å². The first-order chi connectivity index (χ1) is 13.3. The highest BCUT2D eigenvalue weighted by atomic mass is 35.5. The van der Waals surface area contributed by atoms with Gasteiger partial charge in [-0.25, -0.2) is 0 Å². The quantitative estimate of drug-likeness (QED) is 0.429. The van der Waals surface area contributed by atoms with Crippen LogP contribution in [0.25, 0.3) is 0 Å². The molecule has 3 rings (SSSR count). The topological polar surface area (TPSA) is 46.6 Å². The monoisotopic (exact) mass is 419 g/mol. The molecule has 0 fully saturated rings. The van der Waals surface area contributed by atoms with E-state index in [-0.39, 0.29) is 17.0 Å². The molecule has 0 spiro atoms. The van der Waals surface area contributed by atoms with Crippen molar-refractivity contribution in [3.63, 3.8) is 0 Å². The Morgan fingerprint density at radius 2 is 2.11 bits per heavy atom. The molecule has 1 aliphatic carbocycles. The summed E-state index contributed by atoms with van der Waals surface area (Å²) in [6.45, 7) is 7.19. The van der Waals surface area contributed by atoms with Crippen LogP contribution in [0.15, 0.2) is 39.9 Å². The number of allylic oxidation sites excluding steroid dienone is 3. The van der Waals surface area contributed by atoms with E-state index >= 15 is 0 Å². The van der Waals surface area contributed by atoms with Gasteiger partial charge in [-0.15, -0.1) is 0 Å². The minimum atomic E-state index is -0.171. The lowest BCUT2D eigenvalue weighted by Crippen LogP contribution is -2.29. The second-order valence-electron chi connectivity index (χ2n) is 8.02. The number of carbonyl (C=O) groups is 2. The van der Waals surface area contributed by atoms with E-state index in [1.165, 1.54) is 18.9 Å². The maximum atomic E-state index is 13.0. The summed E-state index contributed by atoms with van der Waals surface area (Å²) in [5.41, 5.74) is 1.43. The Labute approximate surface area is 176 Å². The number of unbranched alkanes of at least 4 members (excludes halogenated alkanes) is 1. The molecule has 1 aromatic carbocycles. The molecule has 2 aliphatic rings. The molecular weight excluding hydrogens is 394 g/mol. The molecule has 0 unspecified atom stereocenters. The number of methoxy groups -OCH3 is 1. The number of Topliss-reactive ketones (excluding diaryl/α,β-unsaturated/α-hetero) is 1.